The Kier molecular flexibility index (Phi) is 2.82. The van der Waals surface area contributed by atoms with E-state index in [4.69, 9.17) is 0 Å². The van der Waals surface area contributed by atoms with Crippen LogP contribution in [0.3, 0.4) is 0 Å². The number of nitrogens with one attached hydrogen (secondary N) is 1. The largest absolute Gasteiger partial charge is 0.360 e. The van der Waals surface area contributed by atoms with E-state index in [1.807, 2.05) is 0 Å². The van der Waals surface area contributed by atoms with Crippen molar-refractivity contribution >= 4 is 16.7 Å². The van der Waals surface area contributed by atoms with Gasteiger partial charge in [-0.25, -0.2) is 13.2 Å². The lowest BCUT2D eigenvalue weighted by Crippen LogP contribution is -2.07. The van der Waals surface area contributed by atoms with Crippen LogP contribution in [0.1, 0.15) is 15.9 Å². The van der Waals surface area contributed by atoms with Crippen LogP contribution in [0, 0.1) is 17.5 Å². The van der Waals surface area contributed by atoms with E-state index < -0.39 is 28.8 Å². The smallest absolute Gasteiger partial charge is 0.201 e. The van der Waals surface area contributed by atoms with Crippen molar-refractivity contribution in [3.05, 3.63) is 71.2 Å². The predicted molar refractivity (Wildman–Crippen MR) is 68.0 cm³/mol. The van der Waals surface area contributed by atoms with Crippen molar-refractivity contribution < 1.29 is 18.0 Å². The summed E-state index contributed by atoms with van der Waals surface area (Å²) >= 11 is 0. The summed E-state index contributed by atoms with van der Waals surface area (Å²) in [5.74, 6) is -4.30. The van der Waals surface area contributed by atoms with Crippen LogP contribution in [0.2, 0.25) is 0 Å². The average molecular weight is 275 g/mol. The number of aromatic amines is 1. The van der Waals surface area contributed by atoms with Crippen molar-refractivity contribution in [2.45, 2.75) is 0 Å². The Morgan fingerprint density at radius 1 is 1.00 bits per heavy atom. The molecule has 0 saturated heterocycles. The molecule has 0 amide bonds. The Labute approximate surface area is 111 Å². The van der Waals surface area contributed by atoms with Gasteiger partial charge in [0.2, 0.25) is 5.78 Å². The lowest BCUT2D eigenvalue weighted by molar-refractivity contribution is 0.103. The highest BCUT2D eigenvalue weighted by Gasteiger charge is 2.22. The zero-order chi connectivity index (χ0) is 14.3. The lowest BCUT2D eigenvalue weighted by Gasteiger charge is -2.03. The van der Waals surface area contributed by atoms with Gasteiger partial charge in [-0.2, -0.15) is 0 Å². The first-order valence-corrected chi connectivity index (χ1v) is 5.83. The molecular formula is C15H8F3NO. The van der Waals surface area contributed by atoms with Crippen molar-refractivity contribution in [2.75, 3.05) is 0 Å². The third-order valence-corrected chi connectivity index (χ3v) is 3.07. The number of fused-ring (bicyclic) bond motifs is 1. The number of H-pyrrole nitrogens is 1. The molecule has 0 radical (unpaired) electrons. The fourth-order valence-corrected chi connectivity index (χ4v) is 2.15. The first-order chi connectivity index (χ1) is 9.58. The molecule has 0 aliphatic rings. The maximum atomic E-state index is 13.6. The van der Waals surface area contributed by atoms with E-state index in [0.717, 1.165) is 0 Å². The maximum absolute atomic E-state index is 13.6. The van der Waals surface area contributed by atoms with E-state index in [2.05, 4.69) is 4.98 Å². The number of hydrogen-bond donors (Lipinski definition) is 1. The quantitative estimate of drug-likeness (QED) is 0.709. The van der Waals surface area contributed by atoms with Gasteiger partial charge in [-0.15, -0.1) is 0 Å². The zero-order valence-electron chi connectivity index (χ0n) is 10.1. The van der Waals surface area contributed by atoms with E-state index in [1.165, 1.54) is 6.20 Å². The molecule has 0 aliphatic carbocycles. The van der Waals surface area contributed by atoms with E-state index in [-0.39, 0.29) is 5.56 Å². The fourth-order valence-electron chi connectivity index (χ4n) is 2.15. The van der Waals surface area contributed by atoms with Gasteiger partial charge in [-0.1, -0.05) is 18.2 Å². The summed E-state index contributed by atoms with van der Waals surface area (Å²) in [6, 6.07) is 7.87. The highest BCUT2D eigenvalue weighted by Crippen LogP contribution is 2.24. The highest BCUT2D eigenvalue weighted by atomic mass is 19.1. The molecule has 2 aromatic carbocycles. The first kappa shape index (κ1) is 12.5. The first-order valence-electron chi connectivity index (χ1n) is 5.83. The fraction of sp³-hybridized carbons (Fsp3) is 0. The predicted octanol–water partition coefficient (Wildman–Crippen LogP) is 3.82. The summed E-state index contributed by atoms with van der Waals surface area (Å²) in [4.78, 5) is 15.1. The molecule has 1 aromatic heterocycles. The van der Waals surface area contributed by atoms with E-state index in [9.17, 15) is 18.0 Å². The third kappa shape index (κ3) is 1.87. The van der Waals surface area contributed by atoms with E-state index in [1.54, 1.807) is 24.3 Å². The Morgan fingerprint density at radius 3 is 2.35 bits per heavy atom. The maximum Gasteiger partial charge on any atom is 0.201 e. The normalized spacial score (nSPS) is 10.9. The summed E-state index contributed by atoms with van der Waals surface area (Å²) in [5.41, 5.74) is 0.0694. The van der Waals surface area contributed by atoms with Gasteiger partial charge in [-0.05, 0) is 6.07 Å². The summed E-state index contributed by atoms with van der Waals surface area (Å²) < 4.78 is 40.2. The molecule has 0 spiro atoms. The van der Waals surface area contributed by atoms with Gasteiger partial charge in [0.1, 0.15) is 17.5 Å². The molecule has 20 heavy (non-hydrogen) atoms. The molecule has 2 nitrogen and oxygen atoms in total. The van der Waals surface area contributed by atoms with Gasteiger partial charge in [0.15, 0.2) is 0 Å². The van der Waals surface area contributed by atoms with Crippen LogP contribution in [0.25, 0.3) is 10.9 Å². The topological polar surface area (TPSA) is 32.9 Å². The molecule has 1 N–H and O–H groups in total. The molecule has 0 saturated carbocycles. The number of hydrogen-bond acceptors (Lipinski definition) is 1. The number of aromatic nitrogens is 1. The van der Waals surface area contributed by atoms with Gasteiger partial charge in [0, 0.05) is 34.8 Å². The monoisotopic (exact) mass is 275 g/mol. The van der Waals surface area contributed by atoms with Gasteiger partial charge in [-0.3, -0.25) is 4.79 Å². The van der Waals surface area contributed by atoms with Crippen LogP contribution in [-0.2, 0) is 0 Å². The van der Waals surface area contributed by atoms with E-state index >= 15 is 0 Å². The van der Waals surface area contributed by atoms with Crippen molar-refractivity contribution in [1.29, 1.82) is 0 Å². The van der Waals surface area contributed by atoms with Crippen LogP contribution in [0.5, 0.6) is 0 Å². The average Bonchev–Trinajstić information content (AvgIpc) is 2.81. The van der Waals surface area contributed by atoms with Crippen LogP contribution in [0.15, 0.2) is 42.6 Å². The molecule has 0 aliphatic heterocycles. The van der Waals surface area contributed by atoms with Crippen molar-refractivity contribution in [3.63, 3.8) is 0 Å². The van der Waals surface area contributed by atoms with Crippen LogP contribution >= 0.6 is 0 Å². The lowest BCUT2D eigenvalue weighted by atomic mass is 10.0. The minimum absolute atomic E-state index is 0.144. The molecule has 0 atom stereocenters. The summed E-state index contributed by atoms with van der Waals surface area (Å²) in [6.45, 7) is 0. The number of para-hydroxylation sites is 1. The van der Waals surface area contributed by atoms with Crippen LogP contribution in [0.4, 0.5) is 13.2 Å². The van der Waals surface area contributed by atoms with Gasteiger partial charge in [0.05, 0.1) is 5.56 Å². The highest BCUT2D eigenvalue weighted by molar-refractivity contribution is 6.16. The SMILES string of the molecule is O=C(c1c(F)cc(F)cc1F)c1c[nH]c2ccccc12. The number of rotatable bonds is 2. The standard InChI is InChI=1S/C15H8F3NO/c16-8-5-11(17)14(12(18)6-8)15(20)10-7-19-13-4-2-1-3-9(10)13/h1-7,19H. The molecule has 100 valence electrons. The molecule has 3 rings (SSSR count). The third-order valence-electron chi connectivity index (χ3n) is 3.07. The Bertz CT molecular complexity index is 800. The Balaban J connectivity index is 2.19. The molecule has 0 fully saturated rings. The van der Waals surface area contributed by atoms with Crippen LogP contribution < -0.4 is 0 Å². The number of ketones is 1. The minimum atomic E-state index is -1.21. The van der Waals surface area contributed by atoms with Crippen molar-refractivity contribution in [1.82, 2.24) is 4.98 Å². The molecular weight excluding hydrogens is 267 g/mol. The zero-order valence-corrected chi connectivity index (χ0v) is 10.1. The molecule has 0 unspecified atom stereocenters. The summed E-state index contributed by atoms with van der Waals surface area (Å²) in [6.07, 6.45) is 1.38. The molecule has 1 heterocycles. The second-order valence-corrected chi connectivity index (χ2v) is 4.32. The Hall–Kier alpha value is -2.56. The van der Waals surface area contributed by atoms with E-state index in [0.29, 0.717) is 23.0 Å². The number of carbonyl (C=O) groups excluding carboxylic acids is 1. The summed E-state index contributed by atoms with van der Waals surface area (Å²) in [5, 5.41) is 0.556. The number of benzene rings is 2. The second-order valence-electron chi connectivity index (χ2n) is 4.32. The molecule has 5 heteroatoms. The van der Waals surface area contributed by atoms with Gasteiger partial charge in [0.25, 0.3) is 0 Å². The van der Waals surface area contributed by atoms with Crippen molar-refractivity contribution in [3.8, 4) is 0 Å². The van der Waals surface area contributed by atoms with Gasteiger partial charge >= 0.3 is 0 Å². The van der Waals surface area contributed by atoms with Crippen molar-refractivity contribution in [2.24, 2.45) is 0 Å². The molecule has 3 aromatic rings. The second kappa shape index (κ2) is 4.52. The van der Waals surface area contributed by atoms with Gasteiger partial charge < -0.3 is 4.98 Å². The van der Waals surface area contributed by atoms with Crippen LogP contribution in [-0.4, -0.2) is 10.8 Å². The number of halogens is 3. The molecule has 0 bridgehead atoms. The Morgan fingerprint density at radius 2 is 1.65 bits per heavy atom. The summed E-state index contributed by atoms with van der Waals surface area (Å²) in [7, 11) is 0. The number of carbonyl (C=O) groups is 1. The minimum Gasteiger partial charge on any atom is -0.360 e.